The van der Waals surface area contributed by atoms with Crippen LogP contribution >= 0.6 is 12.4 Å². The minimum atomic E-state index is 0. The molecule has 1 spiro atoms. The number of aryl methyl sites for hydroxylation is 1. The predicted molar refractivity (Wildman–Crippen MR) is 70.4 cm³/mol. The van der Waals surface area contributed by atoms with Gasteiger partial charge in [-0.3, -0.25) is 0 Å². The third kappa shape index (κ3) is 1.87. The Morgan fingerprint density at radius 3 is 2.56 bits per heavy atom. The minimum absolute atomic E-state index is 0. The van der Waals surface area contributed by atoms with Gasteiger partial charge in [0, 0.05) is 0 Å². The van der Waals surface area contributed by atoms with Gasteiger partial charge in [-0.2, -0.15) is 0 Å². The van der Waals surface area contributed by atoms with Crippen molar-refractivity contribution in [2.45, 2.75) is 37.5 Å². The lowest BCUT2D eigenvalue weighted by atomic mass is 9.65. The third-order valence-electron chi connectivity index (χ3n) is 4.25. The van der Waals surface area contributed by atoms with Crippen LogP contribution in [0.4, 0.5) is 0 Å². The Kier molecular flexibility index (Phi) is 3.56. The van der Waals surface area contributed by atoms with Crippen molar-refractivity contribution in [3.05, 3.63) is 35.4 Å². The quantitative estimate of drug-likeness (QED) is 0.732. The summed E-state index contributed by atoms with van der Waals surface area (Å²) in [5.74, 6) is 0. The maximum absolute atomic E-state index is 3.49. The van der Waals surface area contributed by atoms with E-state index in [9.17, 15) is 0 Å². The van der Waals surface area contributed by atoms with Gasteiger partial charge in [-0.15, -0.1) is 12.4 Å². The smallest absolute Gasteiger partial charge is 0.00200 e. The molecule has 1 aromatic carbocycles. The van der Waals surface area contributed by atoms with E-state index >= 15 is 0 Å². The van der Waals surface area contributed by atoms with Crippen LogP contribution in [0, 0.1) is 0 Å². The number of rotatable bonds is 0. The highest BCUT2D eigenvalue weighted by atomic mass is 35.5. The van der Waals surface area contributed by atoms with E-state index in [4.69, 9.17) is 0 Å². The molecule has 1 aliphatic heterocycles. The molecule has 1 aromatic rings. The zero-order chi connectivity index (χ0) is 10.1. The van der Waals surface area contributed by atoms with E-state index in [0.29, 0.717) is 5.41 Å². The van der Waals surface area contributed by atoms with Crippen LogP contribution in [0.5, 0.6) is 0 Å². The molecule has 0 radical (unpaired) electrons. The van der Waals surface area contributed by atoms with Gasteiger partial charge in [0.2, 0.25) is 0 Å². The van der Waals surface area contributed by atoms with Gasteiger partial charge >= 0.3 is 0 Å². The Morgan fingerprint density at radius 2 is 1.75 bits per heavy atom. The second-order valence-corrected chi connectivity index (χ2v) is 5.04. The molecule has 0 unspecified atom stereocenters. The van der Waals surface area contributed by atoms with Crippen LogP contribution in [0.25, 0.3) is 0 Å². The molecule has 1 N–H and O–H groups in total. The molecular weight excluding hydrogens is 218 g/mol. The van der Waals surface area contributed by atoms with Gasteiger partial charge in [-0.05, 0) is 61.7 Å². The molecule has 1 aliphatic carbocycles. The molecule has 0 amide bonds. The molecule has 0 atom stereocenters. The third-order valence-corrected chi connectivity index (χ3v) is 4.25. The molecule has 2 aliphatic rings. The number of fused-ring (bicyclic) bond motifs is 2. The molecule has 2 heteroatoms. The summed E-state index contributed by atoms with van der Waals surface area (Å²) in [7, 11) is 0. The maximum Gasteiger partial charge on any atom is -0.00200 e. The van der Waals surface area contributed by atoms with Crippen LogP contribution in [0.3, 0.4) is 0 Å². The number of hydrogen-bond acceptors (Lipinski definition) is 1. The van der Waals surface area contributed by atoms with Crippen molar-refractivity contribution >= 4 is 12.4 Å². The van der Waals surface area contributed by atoms with Gasteiger partial charge < -0.3 is 5.32 Å². The molecule has 1 fully saturated rings. The lowest BCUT2D eigenvalue weighted by Crippen LogP contribution is -2.41. The summed E-state index contributed by atoms with van der Waals surface area (Å²) in [6, 6.07) is 9.12. The SMILES string of the molecule is Cl.c1ccc2c(c1)CCCC21CCNCC1. The second-order valence-electron chi connectivity index (χ2n) is 5.04. The normalized spacial score (nSPS) is 22.2. The molecule has 1 nitrogen and oxygen atoms in total. The van der Waals surface area contributed by atoms with E-state index in [-0.39, 0.29) is 12.4 Å². The standard InChI is InChI=1S/C14H19N.ClH/c1-2-6-13-12(4-1)5-3-7-14(13)8-10-15-11-9-14;/h1-2,4,6,15H,3,5,7-11H2;1H. The highest BCUT2D eigenvalue weighted by Crippen LogP contribution is 2.43. The van der Waals surface area contributed by atoms with Crippen molar-refractivity contribution in [3.63, 3.8) is 0 Å². The Hall–Kier alpha value is -0.530. The summed E-state index contributed by atoms with van der Waals surface area (Å²) in [5.41, 5.74) is 3.81. The highest BCUT2D eigenvalue weighted by molar-refractivity contribution is 5.85. The van der Waals surface area contributed by atoms with Crippen molar-refractivity contribution < 1.29 is 0 Å². The van der Waals surface area contributed by atoms with E-state index in [1.54, 1.807) is 11.1 Å². The maximum atomic E-state index is 3.49. The predicted octanol–water partition coefficient (Wildman–Crippen LogP) is 3.07. The van der Waals surface area contributed by atoms with E-state index in [1.165, 1.54) is 45.2 Å². The van der Waals surface area contributed by atoms with Gasteiger partial charge in [-0.25, -0.2) is 0 Å². The Labute approximate surface area is 104 Å². The highest BCUT2D eigenvalue weighted by Gasteiger charge is 2.36. The molecule has 1 heterocycles. The number of nitrogens with one attached hydrogen (secondary N) is 1. The lowest BCUT2D eigenvalue weighted by molar-refractivity contribution is 0.268. The molecule has 0 bridgehead atoms. The van der Waals surface area contributed by atoms with Gasteiger partial charge in [-0.1, -0.05) is 24.3 Å². The molecule has 3 rings (SSSR count). The minimum Gasteiger partial charge on any atom is -0.317 e. The van der Waals surface area contributed by atoms with E-state index in [0.717, 1.165) is 0 Å². The van der Waals surface area contributed by atoms with Gasteiger partial charge in [0.05, 0.1) is 0 Å². The second kappa shape index (κ2) is 4.77. The molecule has 0 saturated carbocycles. The molecule has 16 heavy (non-hydrogen) atoms. The van der Waals surface area contributed by atoms with Crippen LogP contribution in [0.2, 0.25) is 0 Å². The Morgan fingerprint density at radius 1 is 1.00 bits per heavy atom. The first-order valence-corrected chi connectivity index (χ1v) is 6.20. The fourth-order valence-electron chi connectivity index (χ4n) is 3.43. The fraction of sp³-hybridized carbons (Fsp3) is 0.571. The average Bonchev–Trinajstić information content (AvgIpc) is 2.31. The zero-order valence-corrected chi connectivity index (χ0v) is 10.5. The van der Waals surface area contributed by atoms with E-state index < -0.39 is 0 Å². The first kappa shape index (κ1) is 11.9. The largest absolute Gasteiger partial charge is 0.317 e. The number of benzene rings is 1. The van der Waals surface area contributed by atoms with Crippen LogP contribution < -0.4 is 5.32 Å². The van der Waals surface area contributed by atoms with Crippen molar-refractivity contribution in [2.75, 3.05) is 13.1 Å². The summed E-state index contributed by atoms with van der Waals surface area (Å²) >= 11 is 0. The summed E-state index contributed by atoms with van der Waals surface area (Å²) < 4.78 is 0. The number of piperidine rings is 1. The first-order valence-electron chi connectivity index (χ1n) is 6.20. The summed E-state index contributed by atoms with van der Waals surface area (Å²) in [5, 5.41) is 3.49. The molecule has 0 aromatic heterocycles. The molecule has 88 valence electrons. The van der Waals surface area contributed by atoms with Crippen LogP contribution in [0.1, 0.15) is 36.8 Å². The van der Waals surface area contributed by atoms with E-state index in [1.807, 2.05) is 0 Å². The topological polar surface area (TPSA) is 12.0 Å². The van der Waals surface area contributed by atoms with Gasteiger partial charge in [0.1, 0.15) is 0 Å². The van der Waals surface area contributed by atoms with Crippen molar-refractivity contribution in [3.8, 4) is 0 Å². The van der Waals surface area contributed by atoms with Crippen molar-refractivity contribution in [2.24, 2.45) is 0 Å². The molecular formula is C14H20ClN. The monoisotopic (exact) mass is 237 g/mol. The Bertz CT molecular complexity index is 356. The summed E-state index contributed by atoms with van der Waals surface area (Å²) in [6.45, 7) is 2.41. The van der Waals surface area contributed by atoms with E-state index in [2.05, 4.69) is 29.6 Å². The van der Waals surface area contributed by atoms with Gasteiger partial charge in [0.25, 0.3) is 0 Å². The summed E-state index contributed by atoms with van der Waals surface area (Å²) in [6.07, 6.45) is 6.77. The number of halogens is 1. The fourth-order valence-corrected chi connectivity index (χ4v) is 3.43. The zero-order valence-electron chi connectivity index (χ0n) is 9.67. The van der Waals surface area contributed by atoms with Crippen LogP contribution in [0.15, 0.2) is 24.3 Å². The molecule has 1 saturated heterocycles. The van der Waals surface area contributed by atoms with Crippen molar-refractivity contribution in [1.29, 1.82) is 0 Å². The van der Waals surface area contributed by atoms with Crippen LogP contribution in [-0.4, -0.2) is 13.1 Å². The van der Waals surface area contributed by atoms with Crippen LogP contribution in [-0.2, 0) is 11.8 Å². The lowest BCUT2D eigenvalue weighted by Gasteiger charge is -2.42. The van der Waals surface area contributed by atoms with Gasteiger partial charge in [0.15, 0.2) is 0 Å². The summed E-state index contributed by atoms with van der Waals surface area (Å²) in [4.78, 5) is 0. The average molecular weight is 238 g/mol. The van der Waals surface area contributed by atoms with Crippen molar-refractivity contribution in [1.82, 2.24) is 5.32 Å². The first-order chi connectivity index (χ1) is 7.41. The Balaban J connectivity index is 0.000000963. The number of hydrogen-bond donors (Lipinski definition) is 1.